The molecular weight excluding hydrogens is 320 g/mol. The van der Waals surface area contributed by atoms with Crippen LogP contribution in [0.25, 0.3) is 0 Å². The number of anilines is 1. The highest BCUT2D eigenvalue weighted by Gasteiger charge is 2.40. The predicted octanol–water partition coefficient (Wildman–Crippen LogP) is 1.63. The molecule has 0 unspecified atom stereocenters. The lowest BCUT2D eigenvalue weighted by Crippen LogP contribution is -2.36. The van der Waals surface area contributed by atoms with Gasteiger partial charge in [0, 0.05) is 36.8 Å². The lowest BCUT2D eigenvalue weighted by Gasteiger charge is -2.21. The monoisotopic (exact) mass is 336 g/mol. The lowest BCUT2D eigenvalue weighted by atomic mass is 10.1. The van der Waals surface area contributed by atoms with E-state index in [0.29, 0.717) is 24.5 Å². The van der Waals surface area contributed by atoms with Crippen molar-refractivity contribution < 1.29 is 19.5 Å². The Labute approximate surface area is 138 Å². The van der Waals surface area contributed by atoms with Crippen molar-refractivity contribution in [2.45, 2.75) is 12.8 Å². The Kier molecular flexibility index (Phi) is 4.26. The van der Waals surface area contributed by atoms with Gasteiger partial charge in [-0.3, -0.25) is 14.4 Å². The van der Waals surface area contributed by atoms with Crippen LogP contribution in [0, 0.1) is 11.8 Å². The Morgan fingerprint density at radius 3 is 2.43 bits per heavy atom. The SMILES string of the molecule is O=C(O)[C@@H]1CCN(C(=O)[C@H]2CC(=O)N(c3ccc(Cl)cc3)C2)C1. The van der Waals surface area contributed by atoms with E-state index in [1.165, 1.54) is 0 Å². The molecule has 6 nitrogen and oxygen atoms in total. The largest absolute Gasteiger partial charge is 0.481 e. The number of hydrogen-bond donors (Lipinski definition) is 1. The molecule has 1 aromatic carbocycles. The smallest absolute Gasteiger partial charge is 0.308 e. The Hall–Kier alpha value is -2.08. The van der Waals surface area contributed by atoms with E-state index in [0.717, 1.165) is 5.69 Å². The average Bonchev–Trinajstić information content (AvgIpc) is 3.14. The molecule has 0 spiro atoms. The zero-order valence-corrected chi connectivity index (χ0v) is 13.2. The van der Waals surface area contributed by atoms with E-state index in [-0.39, 0.29) is 24.8 Å². The molecule has 2 aliphatic heterocycles. The first-order valence-corrected chi connectivity index (χ1v) is 7.91. The van der Waals surface area contributed by atoms with Crippen LogP contribution in [0.5, 0.6) is 0 Å². The summed E-state index contributed by atoms with van der Waals surface area (Å²) in [6.45, 7) is 1.01. The summed E-state index contributed by atoms with van der Waals surface area (Å²) in [5, 5.41) is 9.61. The van der Waals surface area contributed by atoms with Crippen LogP contribution >= 0.6 is 11.6 Å². The first-order chi connectivity index (χ1) is 11.0. The van der Waals surface area contributed by atoms with Crippen LogP contribution in [0.15, 0.2) is 24.3 Å². The molecule has 2 amide bonds. The minimum absolute atomic E-state index is 0.0975. The molecule has 3 rings (SSSR count). The molecule has 0 saturated carbocycles. The van der Waals surface area contributed by atoms with Gasteiger partial charge in [-0.25, -0.2) is 0 Å². The number of nitrogens with zero attached hydrogens (tertiary/aromatic N) is 2. The Morgan fingerprint density at radius 1 is 1.13 bits per heavy atom. The summed E-state index contributed by atoms with van der Waals surface area (Å²) in [5.41, 5.74) is 0.722. The minimum Gasteiger partial charge on any atom is -0.481 e. The van der Waals surface area contributed by atoms with E-state index < -0.39 is 17.8 Å². The van der Waals surface area contributed by atoms with Gasteiger partial charge in [0.25, 0.3) is 0 Å². The van der Waals surface area contributed by atoms with E-state index in [2.05, 4.69) is 0 Å². The topological polar surface area (TPSA) is 77.9 Å². The van der Waals surface area contributed by atoms with Gasteiger partial charge in [0.05, 0.1) is 11.8 Å². The Bertz CT molecular complexity index is 646. The van der Waals surface area contributed by atoms with E-state index in [1.54, 1.807) is 34.1 Å². The quantitative estimate of drug-likeness (QED) is 0.910. The number of carbonyl (C=O) groups excluding carboxylic acids is 2. The summed E-state index contributed by atoms with van der Waals surface area (Å²) < 4.78 is 0. The summed E-state index contributed by atoms with van der Waals surface area (Å²) >= 11 is 5.85. The fourth-order valence-corrected chi connectivity index (χ4v) is 3.29. The van der Waals surface area contributed by atoms with Crippen molar-refractivity contribution >= 4 is 35.1 Å². The average molecular weight is 337 g/mol. The number of rotatable bonds is 3. The Morgan fingerprint density at radius 2 is 1.83 bits per heavy atom. The van der Waals surface area contributed by atoms with Gasteiger partial charge in [0.15, 0.2) is 0 Å². The normalized spacial score (nSPS) is 24.3. The van der Waals surface area contributed by atoms with Gasteiger partial charge in [-0.05, 0) is 30.7 Å². The van der Waals surface area contributed by atoms with E-state index in [1.807, 2.05) is 0 Å². The maximum Gasteiger partial charge on any atom is 0.308 e. The second-order valence-corrected chi connectivity index (χ2v) is 6.43. The maximum atomic E-state index is 12.5. The van der Waals surface area contributed by atoms with Crippen LogP contribution in [0.1, 0.15) is 12.8 Å². The summed E-state index contributed by atoms with van der Waals surface area (Å²) in [6, 6.07) is 6.92. The fourth-order valence-electron chi connectivity index (χ4n) is 3.16. The van der Waals surface area contributed by atoms with Gasteiger partial charge in [0.2, 0.25) is 11.8 Å². The summed E-state index contributed by atoms with van der Waals surface area (Å²) in [4.78, 5) is 38.9. The van der Waals surface area contributed by atoms with Gasteiger partial charge in [-0.15, -0.1) is 0 Å². The van der Waals surface area contributed by atoms with E-state index >= 15 is 0 Å². The van der Waals surface area contributed by atoms with E-state index in [4.69, 9.17) is 16.7 Å². The third kappa shape index (κ3) is 3.17. The lowest BCUT2D eigenvalue weighted by molar-refractivity contribution is -0.141. The number of carbonyl (C=O) groups is 3. The van der Waals surface area contributed by atoms with E-state index in [9.17, 15) is 14.4 Å². The first kappa shape index (κ1) is 15.8. The molecule has 1 aromatic rings. The van der Waals surface area contributed by atoms with Gasteiger partial charge in [-0.1, -0.05) is 11.6 Å². The summed E-state index contributed by atoms with van der Waals surface area (Å²) in [6.07, 6.45) is 0.637. The van der Waals surface area contributed by atoms with Crippen molar-refractivity contribution in [2.75, 3.05) is 24.5 Å². The highest BCUT2D eigenvalue weighted by atomic mass is 35.5. The molecule has 23 heavy (non-hydrogen) atoms. The zero-order chi connectivity index (χ0) is 16.6. The molecule has 2 saturated heterocycles. The molecule has 0 radical (unpaired) electrons. The van der Waals surface area contributed by atoms with Gasteiger partial charge >= 0.3 is 5.97 Å². The summed E-state index contributed by atoms with van der Waals surface area (Å²) in [7, 11) is 0. The molecule has 0 bridgehead atoms. The number of halogens is 1. The van der Waals surface area contributed by atoms with Crippen LogP contribution in [0.2, 0.25) is 5.02 Å². The number of amides is 2. The van der Waals surface area contributed by atoms with Gasteiger partial charge < -0.3 is 14.9 Å². The molecule has 2 atom stereocenters. The van der Waals surface area contributed by atoms with Crippen molar-refractivity contribution in [3.05, 3.63) is 29.3 Å². The summed E-state index contributed by atoms with van der Waals surface area (Å²) in [5.74, 6) is -2.00. The maximum absolute atomic E-state index is 12.5. The molecule has 2 fully saturated rings. The van der Waals surface area contributed by atoms with Crippen LogP contribution in [-0.2, 0) is 14.4 Å². The van der Waals surface area contributed by atoms with Crippen LogP contribution in [0.3, 0.4) is 0 Å². The number of carboxylic acids is 1. The standard InChI is InChI=1S/C16H17ClN2O4/c17-12-1-3-13(4-2-12)19-9-11(7-14(19)20)15(21)18-6-5-10(8-18)16(22)23/h1-4,10-11H,5-9H2,(H,22,23)/t10-,11+/m1/s1. The second kappa shape index (κ2) is 6.20. The number of likely N-dealkylation sites (tertiary alicyclic amines) is 1. The molecule has 0 aliphatic carbocycles. The molecule has 7 heteroatoms. The van der Waals surface area contributed by atoms with Crippen molar-refractivity contribution in [1.29, 1.82) is 0 Å². The molecule has 122 valence electrons. The van der Waals surface area contributed by atoms with Crippen molar-refractivity contribution in [2.24, 2.45) is 11.8 Å². The predicted molar refractivity (Wildman–Crippen MR) is 84.2 cm³/mol. The van der Waals surface area contributed by atoms with Gasteiger partial charge in [-0.2, -0.15) is 0 Å². The number of carboxylic acid groups (broad SMARTS) is 1. The molecular formula is C16H17ClN2O4. The van der Waals surface area contributed by atoms with Crippen LogP contribution in [-0.4, -0.2) is 47.4 Å². The Balaban J connectivity index is 1.66. The van der Waals surface area contributed by atoms with Crippen molar-refractivity contribution in [3.63, 3.8) is 0 Å². The zero-order valence-electron chi connectivity index (χ0n) is 12.4. The number of benzene rings is 1. The number of aliphatic carboxylic acids is 1. The third-order valence-electron chi connectivity index (χ3n) is 4.46. The fraction of sp³-hybridized carbons (Fsp3) is 0.438. The number of hydrogen-bond acceptors (Lipinski definition) is 3. The first-order valence-electron chi connectivity index (χ1n) is 7.53. The van der Waals surface area contributed by atoms with Gasteiger partial charge in [0.1, 0.15) is 0 Å². The molecule has 1 N–H and O–H groups in total. The van der Waals surface area contributed by atoms with Crippen molar-refractivity contribution in [1.82, 2.24) is 4.90 Å². The third-order valence-corrected chi connectivity index (χ3v) is 4.71. The van der Waals surface area contributed by atoms with Crippen LogP contribution < -0.4 is 4.90 Å². The molecule has 2 heterocycles. The molecule has 2 aliphatic rings. The van der Waals surface area contributed by atoms with Crippen molar-refractivity contribution in [3.8, 4) is 0 Å². The van der Waals surface area contributed by atoms with Crippen LogP contribution in [0.4, 0.5) is 5.69 Å². The second-order valence-electron chi connectivity index (χ2n) is 5.99. The minimum atomic E-state index is -0.870. The highest BCUT2D eigenvalue weighted by Crippen LogP contribution is 2.29. The molecule has 0 aromatic heterocycles. The highest BCUT2D eigenvalue weighted by molar-refractivity contribution is 6.30.